The molecule has 1 aliphatic rings. The summed E-state index contributed by atoms with van der Waals surface area (Å²) in [6.45, 7) is 1.88. The highest BCUT2D eigenvalue weighted by molar-refractivity contribution is 9.10. The summed E-state index contributed by atoms with van der Waals surface area (Å²) in [5.74, 6) is -0.0150. The Morgan fingerprint density at radius 2 is 1.83 bits per heavy atom. The van der Waals surface area contributed by atoms with Crippen molar-refractivity contribution in [3.05, 3.63) is 68.7 Å². The van der Waals surface area contributed by atoms with E-state index in [4.69, 9.17) is 10.1 Å². The highest BCUT2D eigenvalue weighted by Gasteiger charge is 2.34. The van der Waals surface area contributed by atoms with Crippen molar-refractivity contribution in [1.29, 1.82) is 5.41 Å². The van der Waals surface area contributed by atoms with Crippen LogP contribution in [-0.2, 0) is 11.0 Å². The molecule has 0 bridgehead atoms. The highest BCUT2D eigenvalue weighted by Crippen LogP contribution is 2.37. The quantitative estimate of drug-likeness (QED) is 0.495. The number of nitrogens with one attached hydrogen (secondary N) is 2. The second kappa shape index (κ2) is 8.63. The van der Waals surface area contributed by atoms with E-state index in [9.17, 15) is 18.0 Å². The molecule has 30 heavy (non-hydrogen) atoms. The molecule has 2 N–H and O–H groups in total. The maximum absolute atomic E-state index is 13.3. The van der Waals surface area contributed by atoms with Crippen molar-refractivity contribution in [2.45, 2.75) is 32.4 Å². The second-order valence-corrected chi connectivity index (χ2v) is 7.98. The molecule has 0 aromatic heterocycles. The smallest absolute Gasteiger partial charge is 0.418 e. The van der Waals surface area contributed by atoms with E-state index in [1.165, 1.54) is 19.2 Å². The van der Waals surface area contributed by atoms with Crippen LogP contribution in [0.3, 0.4) is 0 Å². The number of hydrogen-bond donors (Lipinski definition) is 2. The molecule has 0 radical (unpaired) electrons. The Morgan fingerprint density at radius 3 is 2.50 bits per heavy atom. The summed E-state index contributed by atoms with van der Waals surface area (Å²) in [6.07, 6.45) is -3.01. The molecule has 1 amide bonds. The summed E-state index contributed by atoms with van der Waals surface area (Å²) in [4.78, 5) is 12.9. The number of carbonyl (C=O) groups is 1. The summed E-state index contributed by atoms with van der Waals surface area (Å²) in [7, 11) is 1.53. The molecule has 4 nitrogen and oxygen atoms in total. The molecule has 1 aliphatic carbocycles. The zero-order valence-corrected chi connectivity index (χ0v) is 18.0. The fourth-order valence-corrected chi connectivity index (χ4v) is 3.88. The molecule has 0 spiro atoms. The van der Waals surface area contributed by atoms with Gasteiger partial charge < -0.3 is 10.1 Å². The molecule has 0 aliphatic heterocycles. The number of hydrogen-bond acceptors (Lipinski definition) is 3. The third-order valence-electron chi connectivity index (χ3n) is 4.90. The van der Waals surface area contributed by atoms with Gasteiger partial charge in [0.2, 0.25) is 0 Å². The predicted octanol–water partition coefficient (Wildman–Crippen LogP) is 6.27. The van der Waals surface area contributed by atoms with Crippen LogP contribution in [0, 0.1) is 12.3 Å². The van der Waals surface area contributed by atoms with Gasteiger partial charge in [-0.3, -0.25) is 10.2 Å². The topological polar surface area (TPSA) is 62.2 Å². The molecule has 0 saturated carbocycles. The molecule has 2 aromatic carbocycles. The number of halogens is 4. The van der Waals surface area contributed by atoms with E-state index >= 15 is 0 Å². The molecular weight excluding hydrogens is 461 g/mol. The van der Waals surface area contributed by atoms with Gasteiger partial charge in [0.15, 0.2) is 0 Å². The number of methoxy groups -OCH3 is 1. The zero-order valence-electron chi connectivity index (χ0n) is 16.4. The van der Waals surface area contributed by atoms with Crippen LogP contribution in [0.1, 0.15) is 36.0 Å². The number of benzene rings is 2. The van der Waals surface area contributed by atoms with Crippen molar-refractivity contribution in [3.8, 4) is 5.75 Å². The Labute approximate surface area is 180 Å². The Balaban J connectivity index is 1.94. The minimum absolute atomic E-state index is 0.185. The van der Waals surface area contributed by atoms with Crippen LogP contribution in [0.25, 0.3) is 0 Å². The van der Waals surface area contributed by atoms with Gasteiger partial charge in [0.25, 0.3) is 5.91 Å². The van der Waals surface area contributed by atoms with Gasteiger partial charge >= 0.3 is 6.18 Å². The van der Waals surface area contributed by atoms with Gasteiger partial charge in [0.05, 0.1) is 24.1 Å². The second-order valence-electron chi connectivity index (χ2n) is 7.07. The van der Waals surface area contributed by atoms with Crippen molar-refractivity contribution in [1.82, 2.24) is 0 Å². The first kappa shape index (κ1) is 22.1. The SMILES string of the molecule is COc1cc(C)cc(C(=N)C2=C(C(=O)Nc3cc(Br)ccc3C(F)(F)F)CCC2)c1. The third-order valence-corrected chi connectivity index (χ3v) is 5.40. The molecule has 8 heteroatoms. The van der Waals surface area contributed by atoms with Gasteiger partial charge in [-0.25, -0.2) is 0 Å². The minimum atomic E-state index is -4.60. The van der Waals surface area contributed by atoms with E-state index in [-0.39, 0.29) is 11.4 Å². The lowest BCUT2D eigenvalue weighted by molar-refractivity contribution is -0.137. The van der Waals surface area contributed by atoms with E-state index in [1.807, 2.05) is 19.1 Å². The summed E-state index contributed by atoms with van der Waals surface area (Å²) in [6, 6.07) is 8.80. The van der Waals surface area contributed by atoms with Gasteiger partial charge in [-0.05, 0) is 73.7 Å². The van der Waals surface area contributed by atoms with Crippen LogP contribution < -0.4 is 10.1 Å². The summed E-state index contributed by atoms with van der Waals surface area (Å²) < 4.78 is 45.6. The fraction of sp³-hybridized carbons (Fsp3) is 0.273. The number of rotatable bonds is 5. The largest absolute Gasteiger partial charge is 0.497 e. The number of carbonyl (C=O) groups excluding carboxylic acids is 1. The zero-order chi connectivity index (χ0) is 22.1. The average molecular weight is 481 g/mol. The van der Waals surface area contributed by atoms with Crippen molar-refractivity contribution >= 4 is 33.2 Å². The molecule has 0 unspecified atom stereocenters. The minimum Gasteiger partial charge on any atom is -0.497 e. The van der Waals surface area contributed by atoms with E-state index in [0.29, 0.717) is 46.2 Å². The number of allylic oxidation sites excluding steroid dienone is 1. The first-order valence-corrected chi connectivity index (χ1v) is 10.0. The Kier molecular flexibility index (Phi) is 6.36. The first-order chi connectivity index (χ1) is 14.1. The van der Waals surface area contributed by atoms with Crippen molar-refractivity contribution < 1.29 is 22.7 Å². The third kappa shape index (κ3) is 4.75. The molecule has 0 heterocycles. The van der Waals surface area contributed by atoms with Gasteiger partial charge in [-0.2, -0.15) is 13.2 Å². The maximum atomic E-state index is 13.3. The molecular formula is C22H20BrF3N2O2. The van der Waals surface area contributed by atoms with Crippen LogP contribution in [-0.4, -0.2) is 18.7 Å². The number of alkyl halides is 3. The molecule has 158 valence electrons. The molecule has 0 saturated heterocycles. The summed E-state index contributed by atoms with van der Waals surface area (Å²) >= 11 is 3.15. The predicted molar refractivity (Wildman–Crippen MR) is 113 cm³/mol. The number of ether oxygens (including phenoxy) is 1. The maximum Gasteiger partial charge on any atom is 0.418 e. The lowest BCUT2D eigenvalue weighted by Gasteiger charge is -2.16. The molecule has 2 aromatic rings. The first-order valence-electron chi connectivity index (χ1n) is 9.25. The van der Waals surface area contributed by atoms with Gasteiger partial charge in [0, 0.05) is 15.6 Å². The van der Waals surface area contributed by atoms with Crippen molar-refractivity contribution in [2.24, 2.45) is 0 Å². The molecule has 0 atom stereocenters. The lowest BCUT2D eigenvalue weighted by atomic mass is 9.97. The van der Waals surface area contributed by atoms with E-state index in [2.05, 4.69) is 21.2 Å². The fourth-order valence-electron chi connectivity index (χ4n) is 3.52. The van der Waals surface area contributed by atoms with Gasteiger partial charge in [0.1, 0.15) is 5.75 Å². The van der Waals surface area contributed by atoms with Crippen molar-refractivity contribution in [3.63, 3.8) is 0 Å². The van der Waals surface area contributed by atoms with Crippen molar-refractivity contribution in [2.75, 3.05) is 12.4 Å². The number of amides is 1. The Morgan fingerprint density at radius 1 is 1.13 bits per heavy atom. The normalized spacial score (nSPS) is 14.1. The summed E-state index contributed by atoms with van der Waals surface area (Å²) in [5, 5.41) is 11.0. The van der Waals surface area contributed by atoms with Crippen LogP contribution >= 0.6 is 15.9 Å². The van der Waals surface area contributed by atoms with Crippen LogP contribution in [0.2, 0.25) is 0 Å². The van der Waals surface area contributed by atoms with Gasteiger partial charge in [-0.1, -0.05) is 15.9 Å². The number of aryl methyl sites for hydroxylation is 1. The standard InChI is InChI=1S/C22H20BrF3N2O2/c1-12-8-13(10-15(9-12)30-2)20(27)16-4-3-5-17(16)21(29)28-19-11-14(23)6-7-18(19)22(24,25)26/h6-11,27H,3-5H2,1-2H3,(H,28,29). The van der Waals surface area contributed by atoms with Gasteiger partial charge in [-0.15, -0.1) is 0 Å². The summed E-state index contributed by atoms with van der Waals surface area (Å²) in [5.41, 5.74) is 1.35. The molecule has 3 rings (SSSR count). The number of anilines is 1. The van der Waals surface area contributed by atoms with E-state index in [1.54, 1.807) is 6.07 Å². The van der Waals surface area contributed by atoms with Crippen LogP contribution in [0.4, 0.5) is 18.9 Å². The average Bonchev–Trinajstić information content (AvgIpc) is 3.15. The van der Waals surface area contributed by atoms with Crippen LogP contribution in [0.5, 0.6) is 5.75 Å². The van der Waals surface area contributed by atoms with E-state index in [0.717, 1.165) is 11.6 Å². The lowest BCUT2D eigenvalue weighted by Crippen LogP contribution is -2.19. The Hall–Kier alpha value is -2.61. The monoisotopic (exact) mass is 480 g/mol. The molecule has 0 fully saturated rings. The highest BCUT2D eigenvalue weighted by atomic mass is 79.9. The Bertz CT molecular complexity index is 1050. The van der Waals surface area contributed by atoms with E-state index < -0.39 is 17.6 Å². The van der Waals surface area contributed by atoms with Crippen LogP contribution in [0.15, 0.2) is 52.0 Å².